The highest BCUT2D eigenvalue weighted by Crippen LogP contribution is 2.41. The van der Waals surface area contributed by atoms with Gasteiger partial charge in [0.1, 0.15) is 5.75 Å². The first-order valence-electron chi connectivity index (χ1n) is 13.8. The van der Waals surface area contributed by atoms with Crippen LogP contribution in [-0.4, -0.2) is 7.11 Å². The van der Waals surface area contributed by atoms with E-state index in [2.05, 4.69) is 127 Å². The summed E-state index contributed by atoms with van der Waals surface area (Å²) >= 11 is 0. The van der Waals surface area contributed by atoms with E-state index in [1.165, 1.54) is 75.8 Å². The van der Waals surface area contributed by atoms with E-state index in [4.69, 9.17) is 4.74 Å². The minimum Gasteiger partial charge on any atom is -0.497 e. The smallest absolute Gasteiger partial charge is 0.120 e. The molecule has 0 saturated carbocycles. The summed E-state index contributed by atoms with van der Waals surface area (Å²) in [5.74, 6) is 0.864. The van der Waals surface area contributed by atoms with Gasteiger partial charge < -0.3 is 4.74 Å². The van der Waals surface area contributed by atoms with E-state index < -0.39 is 0 Å². The van der Waals surface area contributed by atoms with Crippen molar-refractivity contribution in [3.8, 4) is 28.0 Å². The Kier molecular flexibility index (Phi) is 4.32. The molecule has 0 aromatic heterocycles. The van der Waals surface area contributed by atoms with Crippen LogP contribution in [0.2, 0.25) is 0 Å². The lowest BCUT2D eigenvalue weighted by atomic mass is 9.89. The predicted molar refractivity (Wildman–Crippen MR) is 171 cm³/mol. The maximum atomic E-state index is 5.83. The van der Waals surface area contributed by atoms with Gasteiger partial charge >= 0.3 is 0 Å². The number of ether oxygens (including phenoxy) is 1. The lowest BCUT2D eigenvalue weighted by molar-refractivity contribution is 0.415. The zero-order chi connectivity index (χ0) is 26.4. The normalized spacial score (nSPS) is 12.1. The van der Waals surface area contributed by atoms with Crippen molar-refractivity contribution in [2.24, 2.45) is 0 Å². The largest absolute Gasteiger partial charge is 0.497 e. The van der Waals surface area contributed by atoms with Crippen molar-refractivity contribution in [1.82, 2.24) is 0 Å². The summed E-state index contributed by atoms with van der Waals surface area (Å²) < 4.78 is 5.83. The van der Waals surface area contributed by atoms with Crippen molar-refractivity contribution in [2.75, 3.05) is 7.11 Å². The molecule has 0 aliphatic carbocycles. The second kappa shape index (κ2) is 7.94. The second-order valence-electron chi connectivity index (χ2n) is 11.0. The number of benzene rings is 9. The molecule has 9 aromatic carbocycles. The monoisotopic (exact) mass is 508 g/mol. The lowest BCUT2D eigenvalue weighted by Gasteiger charge is -2.15. The molecule has 0 unspecified atom stereocenters. The van der Waals surface area contributed by atoms with Gasteiger partial charge in [-0.15, -0.1) is 0 Å². The average molecular weight is 509 g/mol. The first-order valence-corrected chi connectivity index (χ1v) is 13.8. The number of rotatable bonds is 3. The molecule has 0 saturated heterocycles. The third-order valence-electron chi connectivity index (χ3n) is 8.74. The molecule has 0 amide bonds. The van der Waals surface area contributed by atoms with Crippen LogP contribution in [0.25, 0.3) is 86.9 Å². The molecule has 9 aromatic rings. The number of methoxy groups -OCH3 is 1. The number of hydrogen-bond donors (Lipinski definition) is 0. The van der Waals surface area contributed by atoms with Gasteiger partial charge in [0, 0.05) is 0 Å². The van der Waals surface area contributed by atoms with Crippen LogP contribution in [0, 0.1) is 0 Å². The van der Waals surface area contributed by atoms with Crippen molar-refractivity contribution in [3.63, 3.8) is 0 Å². The highest BCUT2D eigenvalue weighted by Gasteiger charge is 2.14. The molecule has 40 heavy (non-hydrogen) atoms. The Morgan fingerprint density at radius 3 is 0.975 bits per heavy atom. The molecule has 0 radical (unpaired) electrons. The van der Waals surface area contributed by atoms with Crippen LogP contribution in [-0.2, 0) is 0 Å². The fourth-order valence-electron chi connectivity index (χ4n) is 6.89. The van der Waals surface area contributed by atoms with Crippen molar-refractivity contribution < 1.29 is 4.74 Å². The summed E-state index contributed by atoms with van der Waals surface area (Å²) in [6.45, 7) is 0. The van der Waals surface area contributed by atoms with Gasteiger partial charge in [0.25, 0.3) is 0 Å². The Labute approximate surface area is 231 Å². The molecule has 0 bridgehead atoms. The minimum absolute atomic E-state index is 0.864. The third kappa shape index (κ3) is 3.03. The molecular formula is C39H24O. The Balaban J connectivity index is 1.26. The van der Waals surface area contributed by atoms with E-state index in [0.29, 0.717) is 0 Å². The fraction of sp³-hybridized carbons (Fsp3) is 0.0256. The summed E-state index contributed by atoms with van der Waals surface area (Å²) in [7, 11) is 1.75. The maximum absolute atomic E-state index is 5.83. The van der Waals surface area contributed by atoms with Crippen molar-refractivity contribution >= 4 is 64.6 Å². The van der Waals surface area contributed by atoms with Crippen LogP contribution in [0.4, 0.5) is 0 Å². The van der Waals surface area contributed by atoms with E-state index in [1.54, 1.807) is 7.11 Å². The van der Waals surface area contributed by atoms with E-state index in [1.807, 2.05) is 0 Å². The fourth-order valence-corrected chi connectivity index (χ4v) is 6.89. The third-order valence-corrected chi connectivity index (χ3v) is 8.74. The summed E-state index contributed by atoms with van der Waals surface area (Å²) in [5.41, 5.74) is 4.71. The molecule has 186 valence electrons. The van der Waals surface area contributed by atoms with Crippen molar-refractivity contribution in [1.29, 1.82) is 0 Å². The highest BCUT2D eigenvalue weighted by atomic mass is 16.5. The summed E-state index contributed by atoms with van der Waals surface area (Å²) in [4.78, 5) is 0. The second-order valence-corrected chi connectivity index (χ2v) is 11.0. The number of hydrogen-bond acceptors (Lipinski definition) is 1. The van der Waals surface area contributed by atoms with Crippen LogP contribution in [0.3, 0.4) is 0 Å². The van der Waals surface area contributed by atoms with E-state index >= 15 is 0 Å². The molecule has 0 spiro atoms. The molecule has 1 heteroatoms. The Morgan fingerprint density at radius 1 is 0.325 bits per heavy atom. The minimum atomic E-state index is 0.864. The molecular weight excluding hydrogens is 484 g/mol. The molecule has 0 fully saturated rings. The molecule has 0 N–H and O–H groups in total. The molecule has 0 heterocycles. The first kappa shape index (κ1) is 21.8. The lowest BCUT2D eigenvalue weighted by Crippen LogP contribution is -1.90. The van der Waals surface area contributed by atoms with Crippen LogP contribution in [0.5, 0.6) is 5.75 Å². The van der Waals surface area contributed by atoms with Crippen molar-refractivity contribution in [2.45, 2.75) is 0 Å². The van der Waals surface area contributed by atoms with Crippen LogP contribution in [0.1, 0.15) is 0 Å². The standard InChI is InChI=1S/C39H24O/c1-40-35-21-33(31-16-27-12-8-23-4-2-5-24-9-13-28(17-31)38(27)36(23)24)20-34(22-35)32-18-29-14-10-25-6-3-7-26-11-15-30(19-32)39(29)37(25)26/h2-22H,1H3. The topological polar surface area (TPSA) is 9.23 Å². The SMILES string of the molecule is COc1cc(-c2cc3ccc4cccc5ccc(c2)c3c45)cc(-c2cc3ccc4cccc5ccc(c2)c3c45)c1. The van der Waals surface area contributed by atoms with Gasteiger partial charge in [-0.2, -0.15) is 0 Å². The van der Waals surface area contributed by atoms with E-state index in [9.17, 15) is 0 Å². The predicted octanol–water partition coefficient (Wildman–Crippen LogP) is 10.8. The Morgan fingerprint density at radius 2 is 0.625 bits per heavy atom. The Bertz CT molecular complexity index is 2120. The van der Waals surface area contributed by atoms with Gasteiger partial charge in [-0.05, 0) is 129 Å². The molecule has 9 rings (SSSR count). The average Bonchev–Trinajstić information content (AvgIpc) is 3.02. The first-order chi connectivity index (χ1) is 19.7. The van der Waals surface area contributed by atoms with Gasteiger partial charge in [-0.25, -0.2) is 0 Å². The van der Waals surface area contributed by atoms with Gasteiger partial charge in [0.2, 0.25) is 0 Å². The van der Waals surface area contributed by atoms with Crippen molar-refractivity contribution in [3.05, 3.63) is 127 Å². The Hall–Kier alpha value is -5.14. The quantitative estimate of drug-likeness (QED) is 0.216. The zero-order valence-corrected chi connectivity index (χ0v) is 22.0. The summed E-state index contributed by atoms with van der Waals surface area (Å²) in [5, 5.41) is 15.6. The van der Waals surface area contributed by atoms with Crippen LogP contribution >= 0.6 is 0 Å². The summed E-state index contributed by atoms with van der Waals surface area (Å²) in [6.07, 6.45) is 0. The summed E-state index contributed by atoms with van der Waals surface area (Å²) in [6, 6.07) is 47.0. The molecule has 0 atom stereocenters. The van der Waals surface area contributed by atoms with Crippen LogP contribution < -0.4 is 4.74 Å². The van der Waals surface area contributed by atoms with E-state index in [0.717, 1.165) is 16.9 Å². The van der Waals surface area contributed by atoms with Gasteiger partial charge in [-0.3, -0.25) is 0 Å². The van der Waals surface area contributed by atoms with Gasteiger partial charge in [0.15, 0.2) is 0 Å². The van der Waals surface area contributed by atoms with Crippen LogP contribution in [0.15, 0.2) is 127 Å². The molecule has 0 aliphatic rings. The van der Waals surface area contributed by atoms with Gasteiger partial charge in [0.05, 0.1) is 7.11 Å². The van der Waals surface area contributed by atoms with Gasteiger partial charge in [-0.1, -0.05) is 84.9 Å². The molecule has 0 aliphatic heterocycles. The highest BCUT2D eigenvalue weighted by molar-refractivity contribution is 6.25. The van der Waals surface area contributed by atoms with E-state index in [-0.39, 0.29) is 0 Å². The maximum Gasteiger partial charge on any atom is 0.120 e. The zero-order valence-electron chi connectivity index (χ0n) is 22.0. The molecule has 1 nitrogen and oxygen atoms in total.